The van der Waals surface area contributed by atoms with E-state index >= 15 is 0 Å². The minimum Gasteiger partial charge on any atom is -0.370 e. The molecular weight excluding hydrogens is 347 g/mol. The monoisotopic (exact) mass is 370 g/mol. The second-order valence-corrected chi connectivity index (χ2v) is 6.89. The number of aromatic nitrogens is 1. The third kappa shape index (κ3) is 4.19. The number of benzene rings is 1. The van der Waals surface area contributed by atoms with Crippen molar-refractivity contribution in [2.75, 3.05) is 43.0 Å². The van der Waals surface area contributed by atoms with Crippen LogP contribution in [0.15, 0.2) is 42.6 Å². The number of rotatable bonds is 3. The first-order valence-electron chi connectivity index (χ1n) is 9.33. The zero-order valence-corrected chi connectivity index (χ0v) is 15.1. The lowest BCUT2D eigenvalue weighted by Crippen LogP contribution is -2.44. The molecule has 2 amide bonds. The Morgan fingerprint density at radius 3 is 2.59 bits per heavy atom. The van der Waals surface area contributed by atoms with Crippen molar-refractivity contribution in [1.82, 2.24) is 9.88 Å². The van der Waals surface area contributed by atoms with Gasteiger partial charge in [-0.3, -0.25) is 0 Å². The Kier molecular flexibility index (Phi) is 5.20. The standard InChI is InChI=1S/C20H23FN4O2/c21-16-5-3-15(4-6-16)18-14-25(11-12-27-18)20(26)23-17-7-8-19(22-13-17)24-9-1-2-10-24/h3-8,13,18H,1-2,9-12,14H2,(H,23,26)/t18-/m0/s1. The summed E-state index contributed by atoms with van der Waals surface area (Å²) in [5.74, 6) is 0.669. The Morgan fingerprint density at radius 1 is 1.11 bits per heavy atom. The molecule has 0 unspecified atom stereocenters. The van der Waals surface area contributed by atoms with E-state index in [9.17, 15) is 9.18 Å². The molecule has 0 radical (unpaired) electrons. The second-order valence-electron chi connectivity index (χ2n) is 6.89. The van der Waals surface area contributed by atoms with Crippen LogP contribution < -0.4 is 10.2 Å². The van der Waals surface area contributed by atoms with Crippen LogP contribution in [0, 0.1) is 5.82 Å². The number of pyridine rings is 1. The van der Waals surface area contributed by atoms with Gasteiger partial charge in [-0.2, -0.15) is 0 Å². The maximum absolute atomic E-state index is 13.1. The van der Waals surface area contributed by atoms with Gasteiger partial charge in [-0.25, -0.2) is 14.2 Å². The van der Waals surface area contributed by atoms with Crippen LogP contribution in [0.3, 0.4) is 0 Å². The first-order valence-corrected chi connectivity index (χ1v) is 9.33. The molecule has 1 aromatic carbocycles. The quantitative estimate of drug-likeness (QED) is 0.899. The Hall–Kier alpha value is -2.67. The predicted molar refractivity (Wildman–Crippen MR) is 101 cm³/mol. The topological polar surface area (TPSA) is 57.7 Å². The SMILES string of the molecule is O=C(Nc1ccc(N2CCCC2)nc1)N1CCO[C@H](c2ccc(F)cc2)C1. The number of carbonyl (C=O) groups excluding carboxylic acids is 1. The molecule has 2 fully saturated rings. The number of hydrogen-bond acceptors (Lipinski definition) is 4. The average Bonchev–Trinajstić information content (AvgIpc) is 3.24. The van der Waals surface area contributed by atoms with Crippen LogP contribution >= 0.6 is 0 Å². The fourth-order valence-electron chi connectivity index (χ4n) is 3.51. The van der Waals surface area contributed by atoms with Crippen molar-refractivity contribution >= 4 is 17.5 Å². The molecule has 27 heavy (non-hydrogen) atoms. The summed E-state index contributed by atoms with van der Waals surface area (Å²) < 4.78 is 18.8. The number of amides is 2. The molecule has 1 N–H and O–H groups in total. The van der Waals surface area contributed by atoms with Gasteiger partial charge in [0.05, 0.1) is 25.0 Å². The first kappa shape index (κ1) is 17.7. The lowest BCUT2D eigenvalue weighted by atomic mass is 10.1. The molecule has 2 aliphatic rings. The minimum absolute atomic E-state index is 0.180. The summed E-state index contributed by atoms with van der Waals surface area (Å²) in [6.45, 7) is 3.47. The third-order valence-corrected chi connectivity index (χ3v) is 5.02. The smallest absolute Gasteiger partial charge is 0.322 e. The molecule has 142 valence electrons. The molecule has 0 bridgehead atoms. The lowest BCUT2D eigenvalue weighted by Gasteiger charge is -2.33. The van der Waals surface area contributed by atoms with E-state index in [0.717, 1.165) is 24.5 Å². The van der Waals surface area contributed by atoms with Crippen LogP contribution in [0.4, 0.5) is 20.7 Å². The van der Waals surface area contributed by atoms with Crippen molar-refractivity contribution in [3.05, 3.63) is 54.0 Å². The number of halogens is 1. The number of nitrogens with zero attached hydrogens (tertiary/aromatic N) is 3. The summed E-state index contributed by atoms with van der Waals surface area (Å²) in [6, 6.07) is 9.86. The molecule has 1 aromatic heterocycles. The van der Waals surface area contributed by atoms with Gasteiger partial charge < -0.3 is 19.9 Å². The third-order valence-electron chi connectivity index (χ3n) is 5.02. The molecule has 2 aliphatic heterocycles. The van der Waals surface area contributed by atoms with Crippen LogP contribution in [-0.2, 0) is 4.74 Å². The zero-order valence-electron chi connectivity index (χ0n) is 15.1. The van der Waals surface area contributed by atoms with Crippen LogP contribution in [0.5, 0.6) is 0 Å². The minimum atomic E-state index is -0.283. The molecule has 2 saturated heterocycles. The molecule has 0 aliphatic carbocycles. The van der Waals surface area contributed by atoms with Gasteiger partial charge in [0.2, 0.25) is 0 Å². The summed E-state index contributed by atoms with van der Waals surface area (Å²) in [5, 5.41) is 2.90. The normalized spacial score (nSPS) is 20.0. The number of ether oxygens (including phenoxy) is 1. The Bertz CT molecular complexity index is 776. The molecule has 1 atom stereocenters. The average molecular weight is 370 g/mol. The summed E-state index contributed by atoms with van der Waals surface area (Å²) in [5.41, 5.74) is 1.54. The predicted octanol–water partition coefficient (Wildman–Crippen LogP) is 3.43. The van der Waals surface area contributed by atoms with Gasteiger partial charge in [0.25, 0.3) is 0 Å². The zero-order chi connectivity index (χ0) is 18.6. The molecule has 6 nitrogen and oxygen atoms in total. The van der Waals surface area contributed by atoms with Crippen molar-refractivity contribution in [1.29, 1.82) is 0 Å². The van der Waals surface area contributed by atoms with Crippen LogP contribution in [-0.4, -0.2) is 48.7 Å². The van der Waals surface area contributed by atoms with E-state index in [-0.39, 0.29) is 18.0 Å². The number of urea groups is 1. The van der Waals surface area contributed by atoms with Gasteiger partial charge in [-0.05, 0) is 42.7 Å². The Morgan fingerprint density at radius 2 is 1.89 bits per heavy atom. The molecule has 4 rings (SSSR count). The number of hydrogen-bond donors (Lipinski definition) is 1. The highest BCUT2D eigenvalue weighted by atomic mass is 19.1. The van der Waals surface area contributed by atoms with E-state index < -0.39 is 0 Å². The maximum atomic E-state index is 13.1. The van der Waals surface area contributed by atoms with E-state index in [2.05, 4.69) is 15.2 Å². The van der Waals surface area contributed by atoms with Crippen LogP contribution in [0.2, 0.25) is 0 Å². The van der Waals surface area contributed by atoms with E-state index in [0.29, 0.717) is 25.4 Å². The van der Waals surface area contributed by atoms with Crippen molar-refractivity contribution < 1.29 is 13.9 Å². The van der Waals surface area contributed by atoms with Crippen molar-refractivity contribution in [3.8, 4) is 0 Å². The molecule has 7 heteroatoms. The van der Waals surface area contributed by atoms with Crippen molar-refractivity contribution in [3.63, 3.8) is 0 Å². The second kappa shape index (κ2) is 7.92. The molecule has 0 saturated carbocycles. The molecular formula is C20H23FN4O2. The number of anilines is 2. The summed E-state index contributed by atoms with van der Waals surface area (Å²) in [7, 11) is 0. The Balaban J connectivity index is 1.36. The molecule has 0 spiro atoms. The number of carbonyl (C=O) groups is 1. The van der Waals surface area contributed by atoms with Crippen molar-refractivity contribution in [2.45, 2.75) is 18.9 Å². The largest absolute Gasteiger partial charge is 0.370 e. The van der Waals surface area contributed by atoms with Crippen LogP contribution in [0.1, 0.15) is 24.5 Å². The molecule has 3 heterocycles. The first-order chi connectivity index (χ1) is 13.2. The summed E-state index contributed by atoms with van der Waals surface area (Å²) in [6.07, 6.45) is 3.85. The summed E-state index contributed by atoms with van der Waals surface area (Å²) in [4.78, 5) is 21.0. The fraction of sp³-hybridized carbons (Fsp3) is 0.400. The number of nitrogens with one attached hydrogen (secondary N) is 1. The van der Waals surface area contributed by atoms with Crippen LogP contribution in [0.25, 0.3) is 0 Å². The summed E-state index contributed by atoms with van der Waals surface area (Å²) >= 11 is 0. The van der Waals surface area contributed by atoms with Gasteiger partial charge in [0.15, 0.2) is 0 Å². The van der Waals surface area contributed by atoms with Gasteiger partial charge >= 0.3 is 6.03 Å². The fourth-order valence-corrected chi connectivity index (χ4v) is 3.51. The van der Waals surface area contributed by atoms with Crippen molar-refractivity contribution in [2.24, 2.45) is 0 Å². The number of morpholine rings is 1. The highest BCUT2D eigenvalue weighted by Gasteiger charge is 2.25. The highest BCUT2D eigenvalue weighted by molar-refractivity contribution is 5.89. The van der Waals surface area contributed by atoms with Gasteiger partial charge in [-0.15, -0.1) is 0 Å². The van der Waals surface area contributed by atoms with E-state index in [1.165, 1.54) is 25.0 Å². The van der Waals surface area contributed by atoms with Gasteiger partial charge in [0, 0.05) is 19.6 Å². The van der Waals surface area contributed by atoms with E-state index in [4.69, 9.17) is 4.74 Å². The molecule has 2 aromatic rings. The lowest BCUT2D eigenvalue weighted by molar-refractivity contribution is -0.0135. The van der Waals surface area contributed by atoms with Gasteiger partial charge in [0.1, 0.15) is 17.7 Å². The maximum Gasteiger partial charge on any atom is 0.322 e. The van der Waals surface area contributed by atoms with E-state index in [1.807, 2.05) is 12.1 Å². The van der Waals surface area contributed by atoms with Gasteiger partial charge in [-0.1, -0.05) is 12.1 Å². The highest BCUT2D eigenvalue weighted by Crippen LogP contribution is 2.23. The Labute approximate surface area is 157 Å². The van der Waals surface area contributed by atoms with E-state index in [1.54, 1.807) is 23.2 Å².